The molecule has 9 heteroatoms. The zero-order chi connectivity index (χ0) is 22.7. The van der Waals surface area contributed by atoms with Crippen molar-refractivity contribution in [3.8, 4) is 0 Å². The average molecular weight is 504 g/mol. The summed E-state index contributed by atoms with van der Waals surface area (Å²) < 4.78 is 12.5. The fourth-order valence-electron chi connectivity index (χ4n) is 3.79. The number of carbonyl (C=O) groups is 2. The molecule has 2 fully saturated rings. The Morgan fingerprint density at radius 2 is 1.81 bits per heavy atom. The number of halogens is 5. The van der Waals surface area contributed by atoms with Crippen LogP contribution in [-0.2, 0) is 4.79 Å². The van der Waals surface area contributed by atoms with E-state index in [0.717, 1.165) is 11.1 Å². The average Bonchev–Trinajstić information content (AvgIpc) is 3.45. The van der Waals surface area contributed by atoms with Crippen molar-refractivity contribution in [1.82, 2.24) is 5.32 Å². The predicted octanol–water partition coefficient (Wildman–Crippen LogP) is 6.06. The van der Waals surface area contributed by atoms with Gasteiger partial charge < -0.3 is 10.6 Å². The SMILES string of the molecule is Cc1cc(Cl)cc(C2C(C(=O)Nc3ccc(Cl)c(C(=O)NC4CC4(C)F)c3)C2(Cl)Cl)c1. The van der Waals surface area contributed by atoms with Crippen LogP contribution in [-0.4, -0.2) is 27.9 Å². The van der Waals surface area contributed by atoms with Gasteiger partial charge >= 0.3 is 0 Å². The standard InChI is InChI=1S/C22H19Cl4FN2O2/c1-10-5-11(7-12(23)6-10)17-18(22(17,25)26)20(31)28-13-3-4-15(24)14(8-13)19(30)29-16-9-21(16,2)27/h3-8,16-18H,9H2,1-2H3,(H,28,31)(H,29,30). The molecule has 164 valence electrons. The first-order valence-electron chi connectivity index (χ1n) is 9.65. The number of aryl methyl sites for hydroxylation is 1. The van der Waals surface area contributed by atoms with E-state index in [0.29, 0.717) is 10.7 Å². The van der Waals surface area contributed by atoms with Gasteiger partial charge in [0, 0.05) is 23.0 Å². The topological polar surface area (TPSA) is 58.2 Å². The Morgan fingerprint density at radius 1 is 1.13 bits per heavy atom. The van der Waals surface area contributed by atoms with E-state index in [-0.39, 0.29) is 22.9 Å². The molecule has 2 aromatic rings. The van der Waals surface area contributed by atoms with Crippen molar-refractivity contribution in [3.05, 3.63) is 63.1 Å². The lowest BCUT2D eigenvalue weighted by Gasteiger charge is -2.10. The van der Waals surface area contributed by atoms with Crippen LogP contribution in [0.1, 0.15) is 40.7 Å². The molecule has 0 bridgehead atoms. The monoisotopic (exact) mass is 502 g/mol. The summed E-state index contributed by atoms with van der Waals surface area (Å²) in [5.41, 5.74) is 0.812. The van der Waals surface area contributed by atoms with Crippen LogP contribution < -0.4 is 10.6 Å². The van der Waals surface area contributed by atoms with E-state index in [2.05, 4.69) is 10.6 Å². The summed E-state index contributed by atoms with van der Waals surface area (Å²) in [7, 11) is 0. The van der Waals surface area contributed by atoms with Crippen molar-refractivity contribution in [2.24, 2.45) is 5.92 Å². The Bertz CT molecular complexity index is 1070. The number of anilines is 1. The maximum atomic E-state index is 13.7. The van der Waals surface area contributed by atoms with E-state index in [1.165, 1.54) is 19.1 Å². The molecule has 4 atom stereocenters. The number of benzene rings is 2. The van der Waals surface area contributed by atoms with E-state index >= 15 is 0 Å². The summed E-state index contributed by atoms with van der Waals surface area (Å²) >= 11 is 25.1. The number of hydrogen-bond donors (Lipinski definition) is 2. The molecule has 4 nitrogen and oxygen atoms in total. The van der Waals surface area contributed by atoms with Gasteiger partial charge in [0.25, 0.3) is 5.91 Å². The van der Waals surface area contributed by atoms with Gasteiger partial charge in [-0.1, -0.05) is 29.3 Å². The van der Waals surface area contributed by atoms with Gasteiger partial charge in [0.1, 0.15) is 10.0 Å². The number of hydrogen-bond acceptors (Lipinski definition) is 2. The molecule has 2 N–H and O–H groups in total. The molecular weight excluding hydrogens is 485 g/mol. The molecule has 31 heavy (non-hydrogen) atoms. The molecule has 2 aliphatic rings. The lowest BCUT2D eigenvalue weighted by atomic mass is 10.1. The van der Waals surface area contributed by atoms with Crippen LogP contribution in [0.4, 0.5) is 10.1 Å². The van der Waals surface area contributed by atoms with Crippen LogP contribution in [0.5, 0.6) is 0 Å². The lowest BCUT2D eigenvalue weighted by Crippen LogP contribution is -2.30. The van der Waals surface area contributed by atoms with E-state index in [1.807, 2.05) is 13.0 Å². The Kier molecular flexibility index (Phi) is 5.70. The Balaban J connectivity index is 1.49. The van der Waals surface area contributed by atoms with Gasteiger partial charge in [-0.15, -0.1) is 23.2 Å². The zero-order valence-electron chi connectivity index (χ0n) is 16.6. The third kappa shape index (κ3) is 4.51. The van der Waals surface area contributed by atoms with Gasteiger partial charge in [-0.3, -0.25) is 9.59 Å². The first-order chi connectivity index (χ1) is 14.4. The zero-order valence-corrected chi connectivity index (χ0v) is 19.6. The molecule has 2 saturated carbocycles. The van der Waals surface area contributed by atoms with Gasteiger partial charge in [-0.2, -0.15) is 0 Å². The van der Waals surface area contributed by atoms with Crippen molar-refractivity contribution in [2.75, 3.05) is 5.32 Å². The highest BCUT2D eigenvalue weighted by atomic mass is 35.5. The minimum atomic E-state index is -1.41. The molecular formula is C22H19Cl4FN2O2. The number of alkyl halides is 3. The largest absolute Gasteiger partial charge is 0.346 e. The molecule has 4 rings (SSSR count). The maximum Gasteiger partial charge on any atom is 0.253 e. The Labute approximate surface area is 199 Å². The van der Waals surface area contributed by atoms with Gasteiger partial charge in [0.05, 0.1) is 22.5 Å². The summed E-state index contributed by atoms with van der Waals surface area (Å²) in [5, 5.41) is 6.08. The second-order valence-corrected chi connectivity index (χ2v) is 10.7. The van der Waals surface area contributed by atoms with Gasteiger partial charge in [0.2, 0.25) is 5.91 Å². The summed E-state index contributed by atoms with van der Waals surface area (Å²) in [6.45, 7) is 3.32. The van der Waals surface area contributed by atoms with Crippen LogP contribution in [0.15, 0.2) is 36.4 Å². The molecule has 0 spiro atoms. The third-order valence-electron chi connectivity index (χ3n) is 5.71. The van der Waals surface area contributed by atoms with Crippen molar-refractivity contribution < 1.29 is 14.0 Å². The minimum absolute atomic E-state index is 0.142. The Morgan fingerprint density at radius 3 is 2.42 bits per heavy atom. The van der Waals surface area contributed by atoms with Crippen molar-refractivity contribution in [1.29, 1.82) is 0 Å². The number of carbonyl (C=O) groups excluding carboxylic acids is 2. The Hall–Kier alpha value is -1.53. The smallest absolute Gasteiger partial charge is 0.253 e. The third-order valence-corrected chi connectivity index (χ3v) is 7.20. The highest BCUT2D eigenvalue weighted by molar-refractivity contribution is 6.53. The fraction of sp³-hybridized carbons (Fsp3) is 0.364. The molecule has 2 aromatic carbocycles. The number of rotatable bonds is 5. The minimum Gasteiger partial charge on any atom is -0.346 e. The van der Waals surface area contributed by atoms with Crippen LogP contribution in [0.3, 0.4) is 0 Å². The van der Waals surface area contributed by atoms with Crippen molar-refractivity contribution in [3.63, 3.8) is 0 Å². The van der Waals surface area contributed by atoms with Crippen molar-refractivity contribution in [2.45, 2.75) is 42.2 Å². The predicted molar refractivity (Wildman–Crippen MR) is 122 cm³/mol. The molecule has 0 aromatic heterocycles. The second-order valence-electron chi connectivity index (χ2n) is 8.38. The molecule has 2 aliphatic carbocycles. The second kappa shape index (κ2) is 7.80. The van der Waals surface area contributed by atoms with Gasteiger partial charge in [-0.05, 0) is 55.3 Å². The summed E-state index contributed by atoms with van der Waals surface area (Å²) in [6.07, 6.45) is 0.256. The van der Waals surface area contributed by atoms with Crippen LogP contribution in [0.25, 0.3) is 0 Å². The summed E-state index contributed by atoms with van der Waals surface area (Å²) in [5.74, 6) is -2.00. The fourth-order valence-corrected chi connectivity index (χ4v) is 5.12. The molecule has 0 saturated heterocycles. The van der Waals surface area contributed by atoms with E-state index in [1.54, 1.807) is 18.2 Å². The molecule has 2 amide bonds. The van der Waals surface area contributed by atoms with Gasteiger partial charge in [-0.25, -0.2) is 4.39 Å². The molecule has 0 aliphatic heterocycles. The molecule has 0 radical (unpaired) electrons. The highest BCUT2D eigenvalue weighted by Gasteiger charge is 2.67. The quantitative estimate of drug-likeness (QED) is 0.487. The van der Waals surface area contributed by atoms with Crippen LogP contribution >= 0.6 is 46.4 Å². The molecule has 4 unspecified atom stereocenters. The first-order valence-corrected chi connectivity index (χ1v) is 11.2. The summed E-state index contributed by atoms with van der Waals surface area (Å²) in [4.78, 5) is 25.3. The van der Waals surface area contributed by atoms with Crippen LogP contribution in [0.2, 0.25) is 10.0 Å². The van der Waals surface area contributed by atoms with Crippen molar-refractivity contribution >= 4 is 63.9 Å². The normalized spacial score (nSPS) is 28.0. The summed E-state index contributed by atoms with van der Waals surface area (Å²) in [6, 6.07) is 9.40. The van der Waals surface area contributed by atoms with Crippen LogP contribution in [0, 0.1) is 12.8 Å². The number of nitrogens with one attached hydrogen (secondary N) is 2. The molecule has 0 heterocycles. The van der Waals surface area contributed by atoms with E-state index in [9.17, 15) is 14.0 Å². The van der Waals surface area contributed by atoms with Gasteiger partial charge in [0.15, 0.2) is 0 Å². The maximum absolute atomic E-state index is 13.7. The van der Waals surface area contributed by atoms with E-state index < -0.39 is 33.8 Å². The number of amides is 2. The highest BCUT2D eigenvalue weighted by Crippen LogP contribution is 2.65. The first kappa shape index (κ1) is 22.7. The van der Waals surface area contributed by atoms with E-state index in [4.69, 9.17) is 46.4 Å². The lowest BCUT2D eigenvalue weighted by molar-refractivity contribution is -0.117.